The van der Waals surface area contributed by atoms with Crippen molar-refractivity contribution in [3.05, 3.63) is 50.7 Å². The van der Waals surface area contributed by atoms with Gasteiger partial charge in [-0.15, -0.1) is 11.3 Å². The SMILES string of the molecule is CCCNC(=O)N(CC(=O)N1CCc2sccc2[C@@H]1COc1ccc(Cl)c(C)c1)C[C@@H](C)CC. The van der Waals surface area contributed by atoms with E-state index in [0.717, 1.165) is 36.1 Å². The normalized spacial score (nSPS) is 16.0. The maximum Gasteiger partial charge on any atom is 0.317 e. The fraction of sp³-hybridized carbons (Fsp3) is 0.538. The van der Waals surface area contributed by atoms with Gasteiger partial charge in [-0.1, -0.05) is 38.8 Å². The van der Waals surface area contributed by atoms with Crippen LogP contribution in [0.15, 0.2) is 29.6 Å². The Balaban J connectivity index is 1.76. The lowest BCUT2D eigenvalue weighted by Gasteiger charge is -2.37. The number of thiophene rings is 1. The number of rotatable bonds is 10. The lowest BCUT2D eigenvalue weighted by Crippen LogP contribution is -2.50. The van der Waals surface area contributed by atoms with E-state index in [1.807, 2.05) is 36.9 Å². The molecule has 0 saturated carbocycles. The number of aryl methyl sites for hydroxylation is 1. The number of hydrogen-bond donors (Lipinski definition) is 1. The molecule has 6 nitrogen and oxygen atoms in total. The van der Waals surface area contributed by atoms with Crippen molar-refractivity contribution in [3.8, 4) is 5.75 Å². The van der Waals surface area contributed by atoms with Gasteiger partial charge in [-0.05, 0) is 66.5 Å². The van der Waals surface area contributed by atoms with Gasteiger partial charge in [-0.25, -0.2) is 4.79 Å². The summed E-state index contributed by atoms with van der Waals surface area (Å²) < 4.78 is 6.13. The van der Waals surface area contributed by atoms with Crippen molar-refractivity contribution in [3.63, 3.8) is 0 Å². The van der Waals surface area contributed by atoms with E-state index in [2.05, 4.69) is 30.6 Å². The molecule has 1 aromatic carbocycles. The topological polar surface area (TPSA) is 61.9 Å². The molecule has 2 aromatic rings. The summed E-state index contributed by atoms with van der Waals surface area (Å²) in [6.45, 7) is 10.4. The number of fused-ring (bicyclic) bond motifs is 1. The predicted molar refractivity (Wildman–Crippen MR) is 139 cm³/mol. The van der Waals surface area contributed by atoms with Crippen molar-refractivity contribution in [2.75, 3.05) is 32.8 Å². The van der Waals surface area contributed by atoms with Crippen LogP contribution < -0.4 is 10.1 Å². The van der Waals surface area contributed by atoms with Gasteiger partial charge in [0.25, 0.3) is 0 Å². The lowest BCUT2D eigenvalue weighted by atomic mass is 10.00. The molecule has 0 saturated heterocycles. The largest absolute Gasteiger partial charge is 0.491 e. The first-order valence-corrected chi connectivity index (χ1v) is 13.4. The van der Waals surface area contributed by atoms with E-state index in [1.54, 1.807) is 16.2 Å². The van der Waals surface area contributed by atoms with E-state index in [1.165, 1.54) is 4.88 Å². The third-order valence-electron chi connectivity index (χ3n) is 6.32. The fourth-order valence-electron chi connectivity index (χ4n) is 4.08. The molecule has 34 heavy (non-hydrogen) atoms. The Morgan fingerprint density at radius 3 is 2.82 bits per heavy atom. The van der Waals surface area contributed by atoms with Crippen molar-refractivity contribution in [1.82, 2.24) is 15.1 Å². The molecule has 2 atom stereocenters. The summed E-state index contributed by atoms with van der Waals surface area (Å²) >= 11 is 7.88. The Bertz CT molecular complexity index is 980. The van der Waals surface area contributed by atoms with Crippen LogP contribution >= 0.6 is 22.9 Å². The van der Waals surface area contributed by atoms with Crippen LogP contribution in [-0.2, 0) is 11.2 Å². The van der Waals surface area contributed by atoms with Crippen LogP contribution in [0.5, 0.6) is 5.75 Å². The number of urea groups is 1. The monoisotopic (exact) mass is 505 g/mol. The minimum absolute atomic E-state index is 0.0484. The maximum atomic E-state index is 13.5. The highest BCUT2D eigenvalue weighted by atomic mass is 35.5. The number of nitrogens with zero attached hydrogens (tertiary/aromatic N) is 2. The summed E-state index contributed by atoms with van der Waals surface area (Å²) in [5, 5.41) is 5.71. The first kappa shape index (κ1) is 26.4. The summed E-state index contributed by atoms with van der Waals surface area (Å²) in [4.78, 5) is 31.2. The predicted octanol–water partition coefficient (Wildman–Crippen LogP) is 5.68. The van der Waals surface area contributed by atoms with Crippen LogP contribution in [0, 0.1) is 12.8 Å². The number of carbonyl (C=O) groups excluding carboxylic acids is 2. The number of hydrogen-bond acceptors (Lipinski definition) is 4. The van der Waals surface area contributed by atoms with Gasteiger partial charge < -0.3 is 19.9 Å². The average Bonchev–Trinajstić information content (AvgIpc) is 3.31. The second kappa shape index (κ2) is 12.5. The number of carbonyl (C=O) groups is 2. The molecule has 3 amide bonds. The number of benzene rings is 1. The van der Waals surface area contributed by atoms with Gasteiger partial charge in [0.1, 0.15) is 18.9 Å². The van der Waals surface area contributed by atoms with Crippen molar-refractivity contribution < 1.29 is 14.3 Å². The van der Waals surface area contributed by atoms with Gasteiger partial charge in [-0.2, -0.15) is 0 Å². The molecule has 0 unspecified atom stereocenters. The van der Waals surface area contributed by atoms with Crippen molar-refractivity contribution in [2.45, 2.75) is 53.0 Å². The molecule has 0 aliphatic carbocycles. The summed E-state index contributed by atoms with van der Waals surface area (Å²) in [5.41, 5.74) is 2.09. The summed E-state index contributed by atoms with van der Waals surface area (Å²) in [7, 11) is 0. The molecule has 3 rings (SSSR count). The number of amides is 3. The van der Waals surface area contributed by atoms with Gasteiger partial charge in [0.05, 0.1) is 6.04 Å². The molecule has 8 heteroatoms. The highest BCUT2D eigenvalue weighted by Gasteiger charge is 2.33. The van der Waals surface area contributed by atoms with Gasteiger partial charge in [0.2, 0.25) is 5.91 Å². The molecule has 0 radical (unpaired) electrons. The van der Waals surface area contributed by atoms with Gasteiger partial charge >= 0.3 is 6.03 Å². The smallest absolute Gasteiger partial charge is 0.317 e. The Morgan fingerprint density at radius 1 is 1.32 bits per heavy atom. The molecule has 0 fully saturated rings. The molecule has 1 aliphatic heterocycles. The fourth-order valence-corrected chi connectivity index (χ4v) is 5.12. The van der Waals surface area contributed by atoms with E-state index < -0.39 is 0 Å². The zero-order chi connectivity index (χ0) is 24.7. The average molecular weight is 506 g/mol. The number of halogens is 1. The van der Waals surface area contributed by atoms with E-state index in [4.69, 9.17) is 16.3 Å². The molecule has 1 aliphatic rings. The minimum atomic E-state index is -0.192. The van der Waals surface area contributed by atoms with E-state index in [0.29, 0.717) is 37.2 Å². The third-order valence-corrected chi connectivity index (χ3v) is 7.74. The van der Waals surface area contributed by atoms with Crippen LogP contribution in [0.2, 0.25) is 5.02 Å². The van der Waals surface area contributed by atoms with Gasteiger partial charge in [-0.3, -0.25) is 4.79 Å². The van der Waals surface area contributed by atoms with E-state index in [9.17, 15) is 9.59 Å². The van der Waals surface area contributed by atoms with Gasteiger partial charge in [0, 0.05) is 29.5 Å². The molecule has 0 spiro atoms. The molecule has 1 aromatic heterocycles. The molecule has 186 valence electrons. The standard InChI is InChI=1S/C26H36ClN3O3S/c1-5-11-28-26(32)29(15-18(3)6-2)16-25(31)30-12-9-24-21(10-13-34-24)23(30)17-33-20-7-8-22(27)19(4)14-20/h7-8,10,13-14,18,23H,5-6,9,11-12,15-17H2,1-4H3,(H,28,32)/t18-,23-/m0/s1. The molecular weight excluding hydrogens is 470 g/mol. The van der Waals surface area contributed by atoms with Crippen LogP contribution in [0.3, 0.4) is 0 Å². The first-order valence-electron chi connectivity index (χ1n) is 12.1. The Kier molecular flexibility index (Phi) is 9.65. The highest BCUT2D eigenvalue weighted by molar-refractivity contribution is 7.10. The van der Waals surface area contributed by atoms with E-state index >= 15 is 0 Å². The van der Waals surface area contributed by atoms with E-state index in [-0.39, 0.29) is 24.5 Å². The van der Waals surface area contributed by atoms with Crippen LogP contribution in [0.1, 0.15) is 55.7 Å². The van der Waals surface area contributed by atoms with Crippen molar-refractivity contribution in [2.24, 2.45) is 5.92 Å². The molecule has 0 bridgehead atoms. The Morgan fingerprint density at radius 2 is 2.12 bits per heavy atom. The van der Waals surface area contributed by atoms with Crippen molar-refractivity contribution in [1.29, 1.82) is 0 Å². The second-order valence-electron chi connectivity index (χ2n) is 9.00. The number of nitrogens with one attached hydrogen (secondary N) is 1. The molecule has 1 N–H and O–H groups in total. The highest BCUT2D eigenvalue weighted by Crippen LogP contribution is 2.34. The second-order valence-corrected chi connectivity index (χ2v) is 10.4. The third kappa shape index (κ3) is 6.66. The quantitative estimate of drug-likeness (QED) is 0.451. The van der Waals surface area contributed by atoms with Crippen LogP contribution in [0.25, 0.3) is 0 Å². The van der Waals surface area contributed by atoms with Crippen LogP contribution in [-0.4, -0.2) is 54.5 Å². The summed E-state index contributed by atoms with van der Waals surface area (Å²) in [6.07, 6.45) is 2.63. The zero-order valence-corrected chi connectivity index (χ0v) is 22.2. The molecule has 2 heterocycles. The Labute approximate surface area is 212 Å². The first-order chi connectivity index (χ1) is 16.3. The number of ether oxygens (including phenoxy) is 1. The maximum absolute atomic E-state index is 13.5. The van der Waals surface area contributed by atoms with Crippen LogP contribution in [0.4, 0.5) is 4.79 Å². The molecular formula is C26H36ClN3O3S. The Hall–Kier alpha value is -2.25. The van der Waals surface area contributed by atoms with Gasteiger partial charge in [0.15, 0.2) is 0 Å². The zero-order valence-electron chi connectivity index (χ0n) is 20.6. The minimum Gasteiger partial charge on any atom is -0.491 e. The summed E-state index contributed by atoms with van der Waals surface area (Å²) in [5.74, 6) is 0.999. The lowest BCUT2D eigenvalue weighted by molar-refractivity contribution is -0.135. The summed E-state index contributed by atoms with van der Waals surface area (Å²) in [6, 6.07) is 7.32. The van der Waals surface area contributed by atoms with Crippen molar-refractivity contribution >= 4 is 34.9 Å².